The van der Waals surface area contributed by atoms with Crippen molar-refractivity contribution >= 4 is 6.03 Å². The van der Waals surface area contributed by atoms with Gasteiger partial charge in [0.25, 0.3) is 0 Å². The number of benzene rings is 1. The molecule has 2 atom stereocenters. The van der Waals surface area contributed by atoms with Gasteiger partial charge in [0.05, 0.1) is 6.04 Å². The zero-order valence-corrected chi connectivity index (χ0v) is 17.7. The smallest absolute Gasteiger partial charge is 0.315 e. The van der Waals surface area contributed by atoms with Gasteiger partial charge in [0.1, 0.15) is 0 Å². The van der Waals surface area contributed by atoms with Crippen molar-refractivity contribution in [2.24, 2.45) is 5.73 Å². The molecule has 2 aromatic rings. The Morgan fingerprint density at radius 3 is 2.40 bits per heavy atom. The monoisotopic (exact) mass is 404 g/mol. The minimum atomic E-state index is -0.306. The van der Waals surface area contributed by atoms with Crippen LogP contribution in [0.3, 0.4) is 0 Å². The highest BCUT2D eigenvalue weighted by Gasteiger charge is 2.33. The van der Waals surface area contributed by atoms with E-state index >= 15 is 0 Å². The number of carbonyl (C=O) groups excluding carboxylic acids is 1. The van der Waals surface area contributed by atoms with E-state index in [2.05, 4.69) is 40.2 Å². The zero-order valence-electron chi connectivity index (χ0n) is 17.7. The molecule has 1 aromatic carbocycles. The molecule has 2 fully saturated rings. The Hall–Kier alpha value is -2.40. The third-order valence-electron chi connectivity index (χ3n) is 7.61. The number of urea groups is 1. The van der Waals surface area contributed by atoms with E-state index < -0.39 is 0 Å². The molecule has 158 valence electrons. The van der Waals surface area contributed by atoms with Crippen LogP contribution in [0.2, 0.25) is 0 Å². The average molecular weight is 405 g/mol. The number of carbonyl (C=O) groups is 1. The van der Waals surface area contributed by atoms with Crippen LogP contribution < -0.4 is 5.73 Å². The van der Waals surface area contributed by atoms with Crippen LogP contribution in [0, 0.1) is 0 Å². The molecule has 1 aliphatic carbocycles. The lowest BCUT2D eigenvalue weighted by Gasteiger charge is -2.39. The van der Waals surface area contributed by atoms with Gasteiger partial charge in [-0.1, -0.05) is 24.6 Å². The summed E-state index contributed by atoms with van der Waals surface area (Å²) >= 11 is 0. The van der Waals surface area contributed by atoms with Gasteiger partial charge in [0.2, 0.25) is 0 Å². The van der Waals surface area contributed by atoms with Crippen LogP contribution in [0.5, 0.6) is 0 Å². The molecule has 2 amide bonds. The summed E-state index contributed by atoms with van der Waals surface area (Å²) in [4.78, 5) is 20.9. The van der Waals surface area contributed by atoms with Gasteiger partial charge in [-0.15, -0.1) is 0 Å². The first kappa shape index (κ1) is 19.6. The van der Waals surface area contributed by atoms with E-state index in [1.165, 1.54) is 48.1 Å². The number of amides is 2. The highest BCUT2D eigenvalue weighted by atomic mass is 16.2. The Labute approximate surface area is 179 Å². The second kappa shape index (κ2) is 8.38. The summed E-state index contributed by atoms with van der Waals surface area (Å²) in [5.74, 6) is 0.432. The Morgan fingerprint density at radius 1 is 0.933 bits per heavy atom. The Morgan fingerprint density at radius 2 is 1.70 bits per heavy atom. The normalized spacial score (nSPS) is 25.3. The number of likely N-dealkylation sites (tertiary alicyclic amines) is 1. The topological polar surface area (TPSA) is 62.5 Å². The zero-order chi connectivity index (χ0) is 20.5. The molecule has 2 N–H and O–H groups in total. The van der Waals surface area contributed by atoms with Crippen LogP contribution in [-0.4, -0.2) is 46.5 Å². The number of piperidine rings is 1. The van der Waals surface area contributed by atoms with Gasteiger partial charge < -0.3 is 10.6 Å². The van der Waals surface area contributed by atoms with E-state index in [9.17, 15) is 4.79 Å². The molecule has 5 rings (SSSR count). The van der Waals surface area contributed by atoms with Gasteiger partial charge in [-0.05, 0) is 78.8 Å². The maximum absolute atomic E-state index is 12.2. The molecule has 1 aromatic heterocycles. The van der Waals surface area contributed by atoms with Crippen LogP contribution in [0.15, 0.2) is 42.7 Å². The van der Waals surface area contributed by atoms with E-state index in [-0.39, 0.29) is 12.1 Å². The second-order valence-corrected chi connectivity index (χ2v) is 9.20. The molecule has 5 heteroatoms. The van der Waals surface area contributed by atoms with Crippen molar-refractivity contribution in [1.82, 2.24) is 14.8 Å². The number of primary amides is 1. The van der Waals surface area contributed by atoms with Crippen LogP contribution in [0.25, 0.3) is 0 Å². The van der Waals surface area contributed by atoms with Crippen LogP contribution >= 0.6 is 0 Å². The Bertz CT molecular complexity index is 895. The van der Waals surface area contributed by atoms with Crippen molar-refractivity contribution in [3.05, 3.63) is 65.0 Å². The Kier molecular flexibility index (Phi) is 5.47. The number of rotatable bonds is 3. The maximum atomic E-state index is 12.2. The second-order valence-electron chi connectivity index (χ2n) is 9.20. The van der Waals surface area contributed by atoms with E-state index in [0.29, 0.717) is 12.5 Å². The number of aromatic nitrogens is 1. The number of fused-ring (bicyclic) bond motifs is 1. The fourth-order valence-electron chi connectivity index (χ4n) is 5.57. The first-order chi connectivity index (χ1) is 14.7. The van der Waals surface area contributed by atoms with Crippen LogP contribution in [0.4, 0.5) is 4.79 Å². The lowest BCUT2D eigenvalue weighted by molar-refractivity contribution is 0.133. The van der Waals surface area contributed by atoms with E-state index in [1.807, 2.05) is 17.3 Å². The SMILES string of the molecule is NC(=O)N1CCC(c2ccncc2)CC1c1ccc2c(c1)CCN(C1CCC1)CC2. The molecule has 3 heterocycles. The highest BCUT2D eigenvalue weighted by molar-refractivity contribution is 5.73. The average Bonchev–Trinajstić information content (AvgIpc) is 2.95. The summed E-state index contributed by atoms with van der Waals surface area (Å²) in [6.07, 6.45) is 12.0. The lowest BCUT2D eigenvalue weighted by atomic mass is 9.82. The van der Waals surface area contributed by atoms with Crippen molar-refractivity contribution in [3.63, 3.8) is 0 Å². The largest absolute Gasteiger partial charge is 0.351 e. The third kappa shape index (κ3) is 3.83. The van der Waals surface area contributed by atoms with E-state index in [1.54, 1.807) is 0 Å². The molecule has 0 bridgehead atoms. The van der Waals surface area contributed by atoms with E-state index in [0.717, 1.165) is 38.3 Å². The van der Waals surface area contributed by atoms with Gasteiger partial charge in [-0.2, -0.15) is 0 Å². The first-order valence-corrected chi connectivity index (χ1v) is 11.5. The van der Waals surface area contributed by atoms with Crippen LogP contribution in [-0.2, 0) is 12.8 Å². The molecule has 2 aliphatic heterocycles. The van der Waals surface area contributed by atoms with E-state index in [4.69, 9.17) is 5.73 Å². The number of nitrogens with two attached hydrogens (primary N) is 1. The quantitative estimate of drug-likeness (QED) is 0.840. The molecular formula is C25H32N4O. The van der Waals surface area contributed by atoms with Crippen LogP contribution in [0.1, 0.15) is 66.3 Å². The maximum Gasteiger partial charge on any atom is 0.315 e. The predicted molar refractivity (Wildman–Crippen MR) is 118 cm³/mol. The summed E-state index contributed by atoms with van der Waals surface area (Å²) in [5.41, 5.74) is 11.3. The molecule has 30 heavy (non-hydrogen) atoms. The van der Waals surface area contributed by atoms with Crippen molar-refractivity contribution in [1.29, 1.82) is 0 Å². The summed E-state index contributed by atoms with van der Waals surface area (Å²) in [7, 11) is 0. The fraction of sp³-hybridized carbons (Fsp3) is 0.520. The van der Waals surface area contributed by atoms with Gasteiger partial charge in [-0.3, -0.25) is 9.88 Å². The standard InChI is InChI=1S/C25H32N4O/c26-25(30)29-15-10-21(19-6-11-27-12-7-19)17-24(29)22-5-4-18-8-13-28(23-2-1-3-23)14-9-20(18)16-22/h4-7,11-12,16,21,23-24H,1-3,8-10,13-15,17H2,(H2,26,30). The van der Waals surface area contributed by atoms with Gasteiger partial charge >= 0.3 is 6.03 Å². The Balaban J connectivity index is 1.38. The molecular weight excluding hydrogens is 372 g/mol. The number of hydrogen-bond acceptors (Lipinski definition) is 3. The third-order valence-corrected chi connectivity index (χ3v) is 7.61. The number of hydrogen-bond donors (Lipinski definition) is 1. The minimum Gasteiger partial charge on any atom is -0.351 e. The molecule has 2 unspecified atom stereocenters. The van der Waals surface area contributed by atoms with Crippen molar-refractivity contribution in [2.45, 2.75) is 62.9 Å². The first-order valence-electron chi connectivity index (χ1n) is 11.5. The lowest BCUT2D eigenvalue weighted by Crippen LogP contribution is -2.43. The highest BCUT2D eigenvalue weighted by Crippen LogP contribution is 2.40. The molecule has 5 nitrogen and oxygen atoms in total. The van der Waals surface area contributed by atoms with Gasteiger partial charge in [-0.25, -0.2) is 4.79 Å². The minimum absolute atomic E-state index is 0.0469. The van der Waals surface area contributed by atoms with Crippen molar-refractivity contribution in [2.75, 3.05) is 19.6 Å². The number of nitrogens with zero attached hydrogens (tertiary/aromatic N) is 3. The molecule has 1 saturated heterocycles. The van der Waals surface area contributed by atoms with Gasteiger partial charge in [0.15, 0.2) is 0 Å². The molecule has 3 aliphatic rings. The summed E-state index contributed by atoms with van der Waals surface area (Å²) < 4.78 is 0. The number of pyridine rings is 1. The summed E-state index contributed by atoms with van der Waals surface area (Å²) in [6.45, 7) is 3.04. The summed E-state index contributed by atoms with van der Waals surface area (Å²) in [6, 6.07) is 11.7. The fourth-order valence-corrected chi connectivity index (χ4v) is 5.57. The van der Waals surface area contributed by atoms with Gasteiger partial charge in [0, 0.05) is 38.1 Å². The molecule has 0 radical (unpaired) electrons. The summed E-state index contributed by atoms with van der Waals surface area (Å²) in [5, 5.41) is 0. The molecule has 0 spiro atoms. The van der Waals surface area contributed by atoms with Crippen molar-refractivity contribution in [3.8, 4) is 0 Å². The van der Waals surface area contributed by atoms with Crippen molar-refractivity contribution < 1.29 is 4.79 Å². The molecule has 1 saturated carbocycles. The predicted octanol–water partition coefficient (Wildman–Crippen LogP) is 4.03.